The maximum absolute atomic E-state index is 12.1. The molecule has 1 fully saturated rings. The fraction of sp³-hybridized carbons (Fsp3) is 0.333. The van der Waals surface area contributed by atoms with Crippen LogP contribution in [0.5, 0.6) is 0 Å². The van der Waals surface area contributed by atoms with Gasteiger partial charge in [0.25, 0.3) is 5.91 Å². The third kappa shape index (κ3) is 2.88. The van der Waals surface area contributed by atoms with E-state index in [9.17, 15) is 4.79 Å². The monoisotopic (exact) mass is 271 g/mol. The lowest BCUT2D eigenvalue weighted by Gasteiger charge is -2.23. The molecule has 1 aliphatic heterocycles. The Bertz CT molecular complexity index is 574. The predicted octanol–water partition coefficient (Wildman–Crippen LogP) is 1.82. The third-order valence-electron chi connectivity index (χ3n) is 3.44. The zero-order valence-corrected chi connectivity index (χ0v) is 11.1. The Morgan fingerprint density at radius 1 is 1.35 bits per heavy atom. The lowest BCUT2D eigenvalue weighted by atomic mass is 10.1. The number of piperidine rings is 1. The fourth-order valence-corrected chi connectivity index (χ4v) is 2.36. The minimum absolute atomic E-state index is 0.168. The van der Waals surface area contributed by atoms with Crippen LogP contribution in [0.2, 0.25) is 0 Å². The molecule has 1 aromatic heterocycles. The van der Waals surface area contributed by atoms with E-state index < -0.39 is 0 Å². The molecular formula is C15H17N3O2. The summed E-state index contributed by atoms with van der Waals surface area (Å²) in [5.41, 5.74) is 1.62. The molecule has 0 aliphatic carbocycles. The summed E-state index contributed by atoms with van der Waals surface area (Å²) in [6.07, 6.45) is 2.08. The van der Waals surface area contributed by atoms with Crippen molar-refractivity contribution in [3.05, 3.63) is 42.2 Å². The molecule has 2 aromatic rings. The van der Waals surface area contributed by atoms with Gasteiger partial charge in [-0.1, -0.05) is 35.5 Å². The molecule has 5 heteroatoms. The van der Waals surface area contributed by atoms with Crippen molar-refractivity contribution in [1.82, 2.24) is 15.8 Å². The van der Waals surface area contributed by atoms with Crippen molar-refractivity contribution in [1.29, 1.82) is 0 Å². The van der Waals surface area contributed by atoms with E-state index in [0.717, 1.165) is 31.5 Å². The van der Waals surface area contributed by atoms with Crippen LogP contribution in [-0.2, 0) is 0 Å². The molecule has 1 amide bonds. The normalized spacial score (nSPS) is 18.7. The molecule has 1 aromatic carbocycles. The highest BCUT2D eigenvalue weighted by molar-refractivity contribution is 5.92. The second-order valence-electron chi connectivity index (χ2n) is 4.96. The van der Waals surface area contributed by atoms with E-state index in [4.69, 9.17) is 4.52 Å². The first-order chi connectivity index (χ1) is 9.83. The van der Waals surface area contributed by atoms with Crippen molar-refractivity contribution in [2.75, 3.05) is 13.1 Å². The minimum atomic E-state index is -0.201. The van der Waals surface area contributed by atoms with Crippen molar-refractivity contribution in [3.8, 4) is 11.3 Å². The first-order valence-corrected chi connectivity index (χ1v) is 6.86. The topological polar surface area (TPSA) is 67.2 Å². The molecule has 1 aliphatic rings. The average Bonchev–Trinajstić information content (AvgIpc) is 2.99. The first-order valence-electron chi connectivity index (χ1n) is 6.86. The van der Waals surface area contributed by atoms with Crippen LogP contribution in [0.25, 0.3) is 11.3 Å². The van der Waals surface area contributed by atoms with Gasteiger partial charge in [0.2, 0.25) is 5.76 Å². The van der Waals surface area contributed by atoms with Gasteiger partial charge in [0.1, 0.15) is 5.69 Å². The molecule has 1 saturated heterocycles. The number of amides is 1. The number of aromatic nitrogens is 1. The van der Waals surface area contributed by atoms with Crippen LogP contribution < -0.4 is 10.6 Å². The van der Waals surface area contributed by atoms with E-state index in [0.29, 0.717) is 5.69 Å². The lowest BCUT2D eigenvalue weighted by Crippen LogP contribution is -2.45. The van der Waals surface area contributed by atoms with Gasteiger partial charge in [-0.05, 0) is 19.4 Å². The second kappa shape index (κ2) is 5.88. The van der Waals surface area contributed by atoms with Crippen LogP contribution in [-0.4, -0.2) is 30.2 Å². The number of hydrogen-bond acceptors (Lipinski definition) is 4. The Morgan fingerprint density at radius 2 is 2.20 bits per heavy atom. The SMILES string of the molecule is O=C(N[C@H]1CCCNC1)c1cc(-c2ccccc2)no1. The summed E-state index contributed by atoms with van der Waals surface area (Å²) in [7, 11) is 0. The number of nitrogens with zero attached hydrogens (tertiary/aromatic N) is 1. The van der Waals surface area contributed by atoms with Gasteiger partial charge in [-0.3, -0.25) is 4.79 Å². The maximum atomic E-state index is 12.1. The van der Waals surface area contributed by atoms with Crippen LogP contribution in [0.15, 0.2) is 40.9 Å². The average molecular weight is 271 g/mol. The Morgan fingerprint density at radius 3 is 2.95 bits per heavy atom. The van der Waals surface area contributed by atoms with Gasteiger partial charge in [0.15, 0.2) is 0 Å². The van der Waals surface area contributed by atoms with Crippen LogP contribution in [0.4, 0.5) is 0 Å². The molecule has 1 atom stereocenters. The molecule has 0 spiro atoms. The van der Waals surface area contributed by atoms with Gasteiger partial charge < -0.3 is 15.2 Å². The highest BCUT2D eigenvalue weighted by Crippen LogP contribution is 2.18. The van der Waals surface area contributed by atoms with Gasteiger partial charge in [0, 0.05) is 24.2 Å². The standard InChI is InChI=1S/C15H17N3O2/c19-15(17-12-7-4-8-16-10-12)14-9-13(18-20-14)11-5-2-1-3-6-11/h1-3,5-6,9,12,16H,4,7-8,10H2,(H,17,19)/t12-/m0/s1. The number of benzene rings is 1. The summed E-state index contributed by atoms with van der Waals surface area (Å²) < 4.78 is 5.14. The summed E-state index contributed by atoms with van der Waals surface area (Å²) in [6.45, 7) is 1.83. The summed E-state index contributed by atoms with van der Waals surface area (Å²) in [5, 5.41) is 10.2. The van der Waals surface area contributed by atoms with Crippen molar-refractivity contribution in [2.45, 2.75) is 18.9 Å². The van der Waals surface area contributed by atoms with Gasteiger partial charge in [-0.25, -0.2) is 0 Å². The highest BCUT2D eigenvalue weighted by Gasteiger charge is 2.19. The molecule has 20 heavy (non-hydrogen) atoms. The van der Waals surface area contributed by atoms with Crippen molar-refractivity contribution in [2.24, 2.45) is 0 Å². The molecule has 2 N–H and O–H groups in total. The van der Waals surface area contributed by atoms with Gasteiger partial charge in [-0.2, -0.15) is 0 Å². The van der Waals surface area contributed by atoms with Crippen molar-refractivity contribution < 1.29 is 9.32 Å². The molecule has 0 bridgehead atoms. The van der Waals surface area contributed by atoms with Crippen molar-refractivity contribution >= 4 is 5.91 Å². The van der Waals surface area contributed by atoms with E-state index in [1.54, 1.807) is 6.07 Å². The zero-order chi connectivity index (χ0) is 13.8. The van der Waals surface area contributed by atoms with E-state index in [1.807, 2.05) is 30.3 Å². The van der Waals surface area contributed by atoms with E-state index in [1.165, 1.54) is 0 Å². The highest BCUT2D eigenvalue weighted by atomic mass is 16.5. The number of hydrogen-bond donors (Lipinski definition) is 2. The van der Waals surface area contributed by atoms with E-state index in [2.05, 4.69) is 15.8 Å². The zero-order valence-electron chi connectivity index (χ0n) is 11.1. The molecule has 0 radical (unpaired) electrons. The number of carbonyl (C=O) groups excluding carboxylic acids is 1. The van der Waals surface area contributed by atoms with Crippen LogP contribution >= 0.6 is 0 Å². The smallest absolute Gasteiger partial charge is 0.290 e. The Kier molecular flexibility index (Phi) is 3.78. The summed E-state index contributed by atoms with van der Waals surface area (Å²) in [6, 6.07) is 11.5. The van der Waals surface area contributed by atoms with E-state index in [-0.39, 0.29) is 17.7 Å². The third-order valence-corrected chi connectivity index (χ3v) is 3.44. The molecule has 3 rings (SSSR count). The summed E-state index contributed by atoms with van der Waals surface area (Å²) in [4.78, 5) is 12.1. The fourth-order valence-electron chi connectivity index (χ4n) is 2.36. The Hall–Kier alpha value is -2.14. The molecule has 5 nitrogen and oxygen atoms in total. The molecule has 2 heterocycles. The van der Waals surface area contributed by atoms with Gasteiger partial charge >= 0.3 is 0 Å². The van der Waals surface area contributed by atoms with Crippen LogP contribution in [0.3, 0.4) is 0 Å². The molecule has 0 saturated carbocycles. The Labute approximate surface area is 117 Å². The number of nitrogens with one attached hydrogen (secondary N) is 2. The second-order valence-corrected chi connectivity index (χ2v) is 4.96. The predicted molar refractivity (Wildman–Crippen MR) is 75.3 cm³/mol. The maximum Gasteiger partial charge on any atom is 0.290 e. The van der Waals surface area contributed by atoms with Crippen LogP contribution in [0.1, 0.15) is 23.4 Å². The van der Waals surface area contributed by atoms with Crippen molar-refractivity contribution in [3.63, 3.8) is 0 Å². The number of rotatable bonds is 3. The van der Waals surface area contributed by atoms with Crippen LogP contribution in [0, 0.1) is 0 Å². The van der Waals surface area contributed by atoms with E-state index >= 15 is 0 Å². The number of carbonyl (C=O) groups is 1. The minimum Gasteiger partial charge on any atom is -0.350 e. The summed E-state index contributed by atoms with van der Waals surface area (Å²) in [5.74, 6) is 0.0582. The summed E-state index contributed by atoms with van der Waals surface area (Å²) >= 11 is 0. The van der Waals surface area contributed by atoms with Gasteiger partial charge in [-0.15, -0.1) is 0 Å². The quantitative estimate of drug-likeness (QED) is 0.893. The first kappa shape index (κ1) is 12.9. The molecule has 104 valence electrons. The Balaban J connectivity index is 1.68. The molecular weight excluding hydrogens is 254 g/mol. The largest absolute Gasteiger partial charge is 0.350 e. The lowest BCUT2D eigenvalue weighted by molar-refractivity contribution is 0.0893. The molecule has 0 unspecified atom stereocenters. The van der Waals surface area contributed by atoms with Gasteiger partial charge in [0.05, 0.1) is 0 Å².